The molecular formula is C35H34N6O3S2. The molecule has 3 heterocycles. The number of carbonyl (C=O) groups excluding carboxylic acids is 2. The fourth-order valence-corrected chi connectivity index (χ4v) is 6.82. The number of nitrogens with one attached hydrogen (secondary N) is 1. The van der Waals surface area contributed by atoms with Gasteiger partial charge in [0.2, 0.25) is 0 Å². The third-order valence-electron chi connectivity index (χ3n) is 7.76. The first-order valence-electron chi connectivity index (χ1n) is 15.0. The van der Waals surface area contributed by atoms with E-state index in [1.165, 1.54) is 22.9 Å². The van der Waals surface area contributed by atoms with Gasteiger partial charge in [-0.1, -0.05) is 84.1 Å². The summed E-state index contributed by atoms with van der Waals surface area (Å²) in [5.41, 5.74) is 4.80. The molecule has 0 radical (unpaired) electrons. The summed E-state index contributed by atoms with van der Waals surface area (Å²) in [4.78, 5) is 27.8. The Morgan fingerprint density at radius 2 is 1.83 bits per heavy atom. The Bertz CT molecular complexity index is 1820. The highest BCUT2D eigenvalue weighted by molar-refractivity contribution is 7.99. The van der Waals surface area contributed by atoms with Gasteiger partial charge in [-0.3, -0.25) is 9.59 Å². The predicted octanol–water partition coefficient (Wildman–Crippen LogP) is 6.30. The molecule has 1 aliphatic rings. The normalized spacial score (nSPS) is 14.3. The number of hydrogen-bond donors (Lipinski definition) is 1. The first-order valence-corrected chi connectivity index (χ1v) is 16.9. The van der Waals surface area contributed by atoms with Gasteiger partial charge >= 0.3 is 0 Å². The Morgan fingerprint density at radius 1 is 1.00 bits per heavy atom. The molecule has 0 saturated heterocycles. The molecule has 0 bridgehead atoms. The first-order chi connectivity index (χ1) is 22.5. The summed E-state index contributed by atoms with van der Waals surface area (Å²) >= 11 is 2.96. The standard InChI is InChI=1S/C35H34N6O3S2/c1-24-13-15-26(16-14-24)30-21-29(31-12-7-19-45-31)39-41(30)33(42)23-46-35-38-37-32(40(35)18-17-25-8-4-3-5-9-25)22-36-34(43)27-10-6-11-28(20-27)44-2/h3-16,19-20,30H,17-18,21-23H2,1-2H3,(H,36,43)/t30-/m1/s1. The smallest absolute Gasteiger partial charge is 0.253 e. The summed E-state index contributed by atoms with van der Waals surface area (Å²) in [7, 11) is 1.57. The van der Waals surface area contributed by atoms with Crippen molar-refractivity contribution in [2.45, 2.75) is 44.1 Å². The zero-order valence-electron chi connectivity index (χ0n) is 25.6. The van der Waals surface area contributed by atoms with E-state index in [1.54, 1.807) is 47.7 Å². The molecule has 0 spiro atoms. The minimum absolute atomic E-state index is 0.104. The van der Waals surface area contributed by atoms with E-state index in [2.05, 4.69) is 58.8 Å². The van der Waals surface area contributed by atoms with Gasteiger partial charge < -0.3 is 14.6 Å². The zero-order chi connectivity index (χ0) is 31.9. The van der Waals surface area contributed by atoms with Crippen molar-refractivity contribution in [1.29, 1.82) is 0 Å². The van der Waals surface area contributed by atoms with Crippen molar-refractivity contribution < 1.29 is 14.3 Å². The largest absolute Gasteiger partial charge is 0.497 e. The molecule has 3 aromatic carbocycles. The van der Waals surface area contributed by atoms with Crippen LogP contribution in [-0.2, 0) is 24.3 Å². The molecule has 1 aliphatic heterocycles. The molecule has 5 aromatic rings. The summed E-state index contributed by atoms with van der Waals surface area (Å²) < 4.78 is 7.25. The lowest BCUT2D eigenvalue weighted by Gasteiger charge is -2.22. The fraction of sp³-hybridized carbons (Fsp3) is 0.229. The van der Waals surface area contributed by atoms with Gasteiger partial charge in [0, 0.05) is 18.5 Å². The topological polar surface area (TPSA) is 102 Å². The van der Waals surface area contributed by atoms with Crippen molar-refractivity contribution in [2.75, 3.05) is 12.9 Å². The van der Waals surface area contributed by atoms with Crippen LogP contribution in [-0.4, -0.2) is 50.2 Å². The molecule has 234 valence electrons. The summed E-state index contributed by atoms with van der Waals surface area (Å²) in [6, 6.07) is 29.3. The van der Waals surface area contributed by atoms with Gasteiger partial charge in [0.15, 0.2) is 11.0 Å². The number of amides is 2. The van der Waals surface area contributed by atoms with Gasteiger partial charge in [0.05, 0.1) is 36.0 Å². The molecule has 0 saturated carbocycles. The van der Waals surface area contributed by atoms with Gasteiger partial charge in [0.25, 0.3) is 11.8 Å². The highest BCUT2D eigenvalue weighted by atomic mass is 32.2. The maximum atomic E-state index is 13.8. The third kappa shape index (κ3) is 7.38. The molecule has 6 rings (SSSR count). The van der Waals surface area contributed by atoms with Crippen molar-refractivity contribution in [1.82, 2.24) is 25.1 Å². The van der Waals surface area contributed by atoms with Crippen LogP contribution in [0.1, 0.15) is 50.2 Å². The second-order valence-electron chi connectivity index (χ2n) is 10.9. The van der Waals surface area contributed by atoms with Crippen molar-refractivity contribution in [3.8, 4) is 5.75 Å². The van der Waals surface area contributed by atoms with Crippen LogP contribution in [0.15, 0.2) is 107 Å². The predicted molar refractivity (Wildman–Crippen MR) is 181 cm³/mol. The molecule has 0 aliphatic carbocycles. The average molecular weight is 651 g/mol. The number of benzene rings is 3. The van der Waals surface area contributed by atoms with Crippen LogP contribution >= 0.6 is 23.1 Å². The molecular weight excluding hydrogens is 617 g/mol. The van der Waals surface area contributed by atoms with E-state index in [9.17, 15) is 9.59 Å². The van der Waals surface area contributed by atoms with Crippen LogP contribution in [0, 0.1) is 6.92 Å². The number of hydrogen-bond acceptors (Lipinski definition) is 8. The van der Waals surface area contributed by atoms with Crippen LogP contribution < -0.4 is 10.1 Å². The minimum atomic E-state index is -0.239. The Kier molecular flexibility index (Phi) is 9.90. The second kappa shape index (κ2) is 14.6. The van der Waals surface area contributed by atoms with E-state index in [1.807, 2.05) is 40.3 Å². The molecule has 1 N–H and O–H groups in total. The monoisotopic (exact) mass is 650 g/mol. The van der Waals surface area contributed by atoms with Crippen molar-refractivity contribution in [2.24, 2.45) is 5.10 Å². The molecule has 46 heavy (non-hydrogen) atoms. The maximum Gasteiger partial charge on any atom is 0.253 e. The van der Waals surface area contributed by atoms with Crippen molar-refractivity contribution >= 4 is 40.6 Å². The van der Waals surface area contributed by atoms with Crippen LogP contribution in [0.3, 0.4) is 0 Å². The van der Waals surface area contributed by atoms with Gasteiger partial charge in [-0.15, -0.1) is 21.5 Å². The van der Waals surface area contributed by atoms with Crippen LogP contribution in [0.4, 0.5) is 0 Å². The first kappa shape index (κ1) is 31.3. The van der Waals surface area contributed by atoms with Crippen molar-refractivity contribution in [3.63, 3.8) is 0 Å². The fourth-order valence-electron chi connectivity index (χ4n) is 5.26. The Morgan fingerprint density at radius 3 is 2.59 bits per heavy atom. The number of thiophene rings is 1. The summed E-state index contributed by atoms with van der Waals surface area (Å²) in [5, 5.41) is 20.9. The number of thioether (sulfide) groups is 1. The van der Waals surface area contributed by atoms with Gasteiger partial charge in [-0.05, 0) is 54.1 Å². The Balaban J connectivity index is 1.19. The number of aromatic nitrogens is 3. The van der Waals surface area contributed by atoms with E-state index < -0.39 is 0 Å². The molecule has 9 nitrogen and oxygen atoms in total. The quantitative estimate of drug-likeness (QED) is 0.159. The summed E-state index contributed by atoms with van der Waals surface area (Å²) in [5.74, 6) is 1.02. The Hall–Kier alpha value is -4.74. The number of rotatable bonds is 12. The third-order valence-corrected chi connectivity index (χ3v) is 9.63. The zero-order valence-corrected chi connectivity index (χ0v) is 27.3. The maximum absolute atomic E-state index is 13.8. The van der Waals surface area contributed by atoms with Crippen LogP contribution in [0.25, 0.3) is 0 Å². The van der Waals surface area contributed by atoms with E-state index in [0.29, 0.717) is 35.3 Å². The van der Waals surface area contributed by atoms with Gasteiger partial charge in [-0.25, -0.2) is 5.01 Å². The molecule has 0 unspecified atom stereocenters. The SMILES string of the molecule is COc1cccc(C(=O)NCc2nnc(SCC(=O)N3N=C(c4cccs4)C[C@@H]3c3ccc(C)cc3)n2CCc2ccccc2)c1. The lowest BCUT2D eigenvalue weighted by molar-refractivity contribution is -0.130. The Labute approximate surface area is 276 Å². The number of carbonyl (C=O) groups is 2. The number of methoxy groups -OCH3 is 1. The van der Waals surface area contributed by atoms with Crippen LogP contribution in [0.5, 0.6) is 5.75 Å². The van der Waals surface area contributed by atoms with E-state index >= 15 is 0 Å². The number of aryl methyl sites for hydroxylation is 2. The summed E-state index contributed by atoms with van der Waals surface area (Å²) in [6.45, 7) is 2.83. The van der Waals surface area contributed by atoms with E-state index in [-0.39, 0.29) is 30.2 Å². The lowest BCUT2D eigenvalue weighted by Crippen LogP contribution is -2.28. The van der Waals surface area contributed by atoms with Gasteiger partial charge in [-0.2, -0.15) is 5.10 Å². The van der Waals surface area contributed by atoms with E-state index in [0.717, 1.165) is 22.6 Å². The van der Waals surface area contributed by atoms with Crippen LogP contribution in [0.2, 0.25) is 0 Å². The minimum Gasteiger partial charge on any atom is -0.497 e. The molecule has 2 aromatic heterocycles. The van der Waals surface area contributed by atoms with Crippen molar-refractivity contribution in [3.05, 3.63) is 129 Å². The highest BCUT2D eigenvalue weighted by Gasteiger charge is 2.33. The van der Waals surface area contributed by atoms with E-state index in [4.69, 9.17) is 9.84 Å². The number of ether oxygens (including phenoxy) is 1. The second-order valence-corrected chi connectivity index (χ2v) is 12.8. The molecule has 0 fully saturated rings. The molecule has 1 atom stereocenters. The number of hydrazone groups is 1. The number of nitrogens with zero attached hydrogens (tertiary/aromatic N) is 5. The molecule has 11 heteroatoms. The average Bonchev–Trinajstić information content (AvgIpc) is 3.86. The van der Waals surface area contributed by atoms with Gasteiger partial charge in [0.1, 0.15) is 5.75 Å². The summed E-state index contributed by atoms with van der Waals surface area (Å²) in [6.07, 6.45) is 1.40. The molecule has 2 amide bonds. The highest BCUT2D eigenvalue weighted by Crippen LogP contribution is 2.35. The lowest BCUT2D eigenvalue weighted by atomic mass is 10.00.